The molecule has 0 aliphatic rings. The Morgan fingerprint density at radius 2 is 1.35 bits per heavy atom. The van der Waals surface area contributed by atoms with Gasteiger partial charge in [-0.2, -0.15) is 5.10 Å². The number of fused-ring (bicyclic) bond motifs is 1. The molecule has 0 fully saturated rings. The first kappa shape index (κ1) is 34.0. The van der Waals surface area contributed by atoms with Crippen molar-refractivity contribution in [1.29, 1.82) is 0 Å². The largest absolute Gasteiger partial charge is 0.461 e. The van der Waals surface area contributed by atoms with Crippen LogP contribution in [0.4, 0.5) is 0 Å². The summed E-state index contributed by atoms with van der Waals surface area (Å²) in [4.78, 5) is 33.2. The van der Waals surface area contributed by atoms with Crippen LogP contribution in [0.25, 0.3) is 22.0 Å². The lowest BCUT2D eigenvalue weighted by molar-refractivity contribution is -0.155. The van der Waals surface area contributed by atoms with Crippen LogP contribution in [-0.4, -0.2) is 110 Å². The zero-order valence-corrected chi connectivity index (χ0v) is 25.6. The van der Waals surface area contributed by atoms with Crippen LogP contribution in [-0.2, 0) is 39.8 Å². The highest BCUT2D eigenvalue weighted by atomic mass is 16.6. The second-order valence-corrected chi connectivity index (χ2v) is 10.4. The molecule has 0 saturated carbocycles. The molecule has 43 heavy (non-hydrogen) atoms. The summed E-state index contributed by atoms with van der Waals surface area (Å²) in [5.74, 6) is -0.639. The minimum absolute atomic E-state index is 0.103. The van der Waals surface area contributed by atoms with Gasteiger partial charge in [0.15, 0.2) is 5.78 Å². The number of esters is 1. The van der Waals surface area contributed by atoms with Gasteiger partial charge in [0, 0.05) is 37.4 Å². The van der Waals surface area contributed by atoms with E-state index >= 15 is 0 Å². The summed E-state index contributed by atoms with van der Waals surface area (Å²) in [6.07, 6.45) is 3.29. The average Bonchev–Trinajstić information content (AvgIpc) is 3.32. The summed E-state index contributed by atoms with van der Waals surface area (Å²) in [5.41, 5.74) is 1.84. The molecule has 0 amide bonds. The number of methoxy groups -OCH3 is 1. The van der Waals surface area contributed by atoms with E-state index in [4.69, 9.17) is 33.2 Å². The van der Waals surface area contributed by atoms with Crippen molar-refractivity contribution in [1.82, 2.24) is 19.7 Å². The Hall–Kier alpha value is -3.49. The Labute approximate surface area is 251 Å². The number of benzene rings is 1. The first-order valence-electron chi connectivity index (χ1n) is 14.2. The number of hydrogen-bond acceptors (Lipinski definition) is 12. The van der Waals surface area contributed by atoms with Crippen molar-refractivity contribution < 1.29 is 42.7 Å². The molecule has 0 bridgehead atoms. The van der Waals surface area contributed by atoms with Gasteiger partial charge in [0.2, 0.25) is 0 Å². The highest BCUT2D eigenvalue weighted by Gasteiger charge is 2.20. The Morgan fingerprint density at radius 1 is 0.791 bits per heavy atom. The van der Waals surface area contributed by atoms with Gasteiger partial charge in [0.1, 0.15) is 24.4 Å². The SMILES string of the molecule is COCCOCCOCCOCCOCCOc1ncc(-c2ccc3c(c2)c(C(C)=O)nn3CC(=O)OC(C)(C)C)cn1. The van der Waals surface area contributed by atoms with Crippen LogP contribution in [0.2, 0.25) is 0 Å². The molecular formula is C30H42N4O9. The molecule has 0 radical (unpaired) electrons. The maximum atomic E-state index is 12.4. The minimum Gasteiger partial charge on any atom is -0.461 e. The maximum absolute atomic E-state index is 12.4. The fourth-order valence-electron chi connectivity index (χ4n) is 3.87. The van der Waals surface area contributed by atoms with Gasteiger partial charge < -0.3 is 33.2 Å². The molecule has 0 aliphatic heterocycles. The molecule has 0 atom stereocenters. The summed E-state index contributed by atoms with van der Waals surface area (Å²) >= 11 is 0. The Bertz CT molecular complexity index is 1290. The van der Waals surface area contributed by atoms with Gasteiger partial charge in [-0.15, -0.1) is 0 Å². The molecule has 13 nitrogen and oxygen atoms in total. The monoisotopic (exact) mass is 602 g/mol. The smallest absolute Gasteiger partial charge is 0.328 e. The molecule has 0 spiro atoms. The predicted molar refractivity (Wildman–Crippen MR) is 157 cm³/mol. The number of carbonyl (C=O) groups is 2. The van der Waals surface area contributed by atoms with E-state index in [1.165, 1.54) is 11.6 Å². The van der Waals surface area contributed by atoms with Gasteiger partial charge in [-0.05, 0) is 38.5 Å². The number of carbonyl (C=O) groups excluding carboxylic acids is 2. The average molecular weight is 603 g/mol. The van der Waals surface area contributed by atoms with Gasteiger partial charge in [0.25, 0.3) is 0 Å². The van der Waals surface area contributed by atoms with Gasteiger partial charge in [-0.1, -0.05) is 6.07 Å². The zero-order chi connectivity index (χ0) is 31.1. The molecule has 13 heteroatoms. The van der Waals surface area contributed by atoms with Crippen molar-refractivity contribution >= 4 is 22.7 Å². The number of ketones is 1. The van der Waals surface area contributed by atoms with Gasteiger partial charge in [0.05, 0.1) is 65.0 Å². The lowest BCUT2D eigenvalue weighted by atomic mass is 10.0. The van der Waals surface area contributed by atoms with Crippen LogP contribution >= 0.6 is 0 Å². The van der Waals surface area contributed by atoms with E-state index in [1.54, 1.807) is 40.3 Å². The number of nitrogens with zero attached hydrogens (tertiary/aromatic N) is 4. The lowest BCUT2D eigenvalue weighted by Gasteiger charge is -2.19. The molecule has 0 saturated heterocycles. The predicted octanol–water partition coefficient (Wildman–Crippen LogP) is 3.13. The van der Waals surface area contributed by atoms with Crippen molar-refractivity contribution in [3.63, 3.8) is 0 Å². The van der Waals surface area contributed by atoms with E-state index < -0.39 is 11.6 Å². The topological polar surface area (TPSA) is 142 Å². The molecule has 0 N–H and O–H groups in total. The molecule has 3 aromatic rings. The fourth-order valence-corrected chi connectivity index (χ4v) is 3.87. The first-order chi connectivity index (χ1) is 20.7. The van der Waals surface area contributed by atoms with Crippen LogP contribution < -0.4 is 4.74 Å². The molecular weight excluding hydrogens is 560 g/mol. The van der Waals surface area contributed by atoms with E-state index in [0.29, 0.717) is 70.4 Å². The highest BCUT2D eigenvalue weighted by Crippen LogP contribution is 2.27. The van der Waals surface area contributed by atoms with E-state index in [1.807, 2.05) is 18.2 Å². The van der Waals surface area contributed by atoms with Crippen molar-refractivity contribution in [2.45, 2.75) is 39.8 Å². The van der Waals surface area contributed by atoms with Crippen molar-refractivity contribution in [2.24, 2.45) is 0 Å². The second-order valence-electron chi connectivity index (χ2n) is 10.4. The summed E-state index contributed by atoms with van der Waals surface area (Å²) in [6.45, 7) is 11.4. The van der Waals surface area contributed by atoms with Crippen LogP contribution in [0.1, 0.15) is 38.2 Å². The minimum atomic E-state index is -0.620. The third-order valence-electron chi connectivity index (χ3n) is 5.75. The van der Waals surface area contributed by atoms with Crippen LogP contribution in [0.15, 0.2) is 30.6 Å². The lowest BCUT2D eigenvalue weighted by Crippen LogP contribution is -2.26. The number of ether oxygens (including phenoxy) is 7. The third-order valence-corrected chi connectivity index (χ3v) is 5.75. The van der Waals surface area contributed by atoms with E-state index in [0.717, 1.165) is 11.1 Å². The quantitative estimate of drug-likeness (QED) is 0.107. The molecule has 0 unspecified atom stereocenters. The third kappa shape index (κ3) is 12.0. The van der Waals surface area contributed by atoms with Gasteiger partial charge in [-0.3, -0.25) is 14.3 Å². The first-order valence-corrected chi connectivity index (χ1v) is 14.2. The summed E-state index contributed by atoms with van der Waals surface area (Å²) < 4.78 is 39.0. The Balaban J connectivity index is 1.40. The zero-order valence-electron chi connectivity index (χ0n) is 25.6. The normalized spacial score (nSPS) is 11.7. The van der Waals surface area contributed by atoms with Gasteiger partial charge >= 0.3 is 12.0 Å². The molecule has 1 aromatic carbocycles. The fraction of sp³-hybridized carbons (Fsp3) is 0.567. The van der Waals surface area contributed by atoms with Crippen molar-refractivity contribution in [3.05, 3.63) is 36.3 Å². The van der Waals surface area contributed by atoms with Crippen LogP contribution in [0.5, 0.6) is 6.01 Å². The molecule has 2 heterocycles. The number of aromatic nitrogens is 4. The molecule has 3 rings (SSSR count). The molecule has 236 valence electrons. The Kier molecular flexibility index (Phi) is 13.9. The van der Waals surface area contributed by atoms with Crippen LogP contribution in [0, 0.1) is 0 Å². The van der Waals surface area contributed by atoms with Crippen molar-refractivity contribution in [3.8, 4) is 17.1 Å². The number of rotatable bonds is 20. The molecule has 0 aliphatic carbocycles. The Morgan fingerprint density at radius 3 is 1.88 bits per heavy atom. The van der Waals surface area contributed by atoms with Crippen molar-refractivity contribution in [2.75, 3.05) is 73.2 Å². The van der Waals surface area contributed by atoms with E-state index in [9.17, 15) is 9.59 Å². The number of Topliss-reactive ketones (excluding diaryl/α,β-unsaturated/α-hetero) is 1. The number of hydrogen-bond donors (Lipinski definition) is 0. The van der Waals surface area contributed by atoms with E-state index in [-0.39, 0.29) is 30.6 Å². The summed E-state index contributed by atoms with van der Waals surface area (Å²) in [7, 11) is 1.63. The van der Waals surface area contributed by atoms with Gasteiger partial charge in [-0.25, -0.2) is 9.97 Å². The summed E-state index contributed by atoms with van der Waals surface area (Å²) in [5, 5.41) is 5.01. The summed E-state index contributed by atoms with van der Waals surface area (Å²) in [6, 6.07) is 5.74. The second kappa shape index (κ2) is 17.6. The highest BCUT2D eigenvalue weighted by molar-refractivity contribution is 6.06. The molecule has 2 aromatic heterocycles. The van der Waals surface area contributed by atoms with Crippen LogP contribution in [0.3, 0.4) is 0 Å². The maximum Gasteiger partial charge on any atom is 0.328 e. The standard InChI is InChI=1S/C30H42N4O9/c1-22(35)28-25-18-23(6-7-26(25)34(33-28)21-27(36)43-30(2,3)4)24-19-31-29(32-20-24)42-17-16-41-15-14-40-13-12-39-11-10-38-9-8-37-5/h6-7,18-20H,8-17,21H2,1-5H3. The van der Waals surface area contributed by atoms with E-state index in [2.05, 4.69) is 15.1 Å².